The van der Waals surface area contributed by atoms with Crippen LogP contribution in [0.1, 0.15) is 37.8 Å². The Labute approximate surface area is 172 Å². The van der Waals surface area contributed by atoms with E-state index in [2.05, 4.69) is 36.2 Å². The molecule has 2 heterocycles. The summed E-state index contributed by atoms with van der Waals surface area (Å²) in [6.45, 7) is 4.89. The lowest BCUT2D eigenvalue weighted by atomic mass is 9.36. The standard InChI is InChI=1S/C24H31NO4/c1-21(2,26)16-13-22-8-9-24(16,28-5)20-23(22)10-11-25(3)17(22)12-14-6-7-15(27-4)19(29-20)18(14)23/h6-9,16-17,20,26H,10-13H2,1-5H3/t16-,17-,20+,22+,23+,24-/m1/s1. The minimum atomic E-state index is -0.870. The van der Waals surface area contributed by atoms with Gasteiger partial charge in [-0.25, -0.2) is 0 Å². The Morgan fingerprint density at radius 1 is 1.24 bits per heavy atom. The third kappa shape index (κ3) is 1.73. The van der Waals surface area contributed by atoms with E-state index in [0.29, 0.717) is 6.04 Å². The summed E-state index contributed by atoms with van der Waals surface area (Å²) in [5.74, 6) is 1.67. The molecule has 1 aromatic carbocycles. The van der Waals surface area contributed by atoms with Crippen LogP contribution in [-0.4, -0.2) is 61.2 Å². The molecule has 6 aliphatic rings. The third-order valence-electron chi connectivity index (χ3n) is 9.13. The van der Waals surface area contributed by atoms with E-state index in [1.165, 1.54) is 11.1 Å². The van der Waals surface area contributed by atoms with Gasteiger partial charge in [0.25, 0.3) is 0 Å². The van der Waals surface area contributed by atoms with Gasteiger partial charge in [-0.15, -0.1) is 0 Å². The number of hydrogen-bond acceptors (Lipinski definition) is 5. The van der Waals surface area contributed by atoms with Gasteiger partial charge in [0.05, 0.1) is 18.1 Å². The summed E-state index contributed by atoms with van der Waals surface area (Å²) in [4.78, 5) is 2.53. The molecule has 0 amide bonds. The molecule has 1 N–H and O–H groups in total. The maximum atomic E-state index is 11.2. The second-order valence-corrected chi connectivity index (χ2v) is 10.4. The van der Waals surface area contributed by atoms with Crippen LogP contribution in [0.4, 0.5) is 0 Å². The van der Waals surface area contributed by atoms with Gasteiger partial charge in [0.15, 0.2) is 11.5 Å². The third-order valence-corrected chi connectivity index (χ3v) is 9.13. The molecule has 0 aromatic heterocycles. The Balaban J connectivity index is 1.71. The first kappa shape index (κ1) is 18.2. The van der Waals surface area contributed by atoms with Crippen LogP contribution in [0, 0.1) is 11.3 Å². The van der Waals surface area contributed by atoms with Crippen LogP contribution >= 0.6 is 0 Å². The normalized spacial score (nSPS) is 43.9. The summed E-state index contributed by atoms with van der Waals surface area (Å²) in [5, 5.41) is 11.2. The molecule has 1 saturated carbocycles. The second-order valence-electron chi connectivity index (χ2n) is 10.4. The average molecular weight is 398 g/mol. The summed E-state index contributed by atoms with van der Waals surface area (Å²) < 4.78 is 18.9. The fourth-order valence-electron chi connectivity index (χ4n) is 8.01. The van der Waals surface area contributed by atoms with Crippen LogP contribution in [0.15, 0.2) is 24.3 Å². The molecule has 2 aliphatic heterocycles. The van der Waals surface area contributed by atoms with E-state index in [-0.39, 0.29) is 22.9 Å². The number of hydrogen-bond donors (Lipinski definition) is 1. The molecule has 0 radical (unpaired) electrons. The molecule has 6 atom stereocenters. The summed E-state index contributed by atoms with van der Waals surface area (Å²) in [6.07, 6.45) is 7.46. The van der Waals surface area contributed by atoms with Crippen LogP contribution in [0.25, 0.3) is 0 Å². The highest BCUT2D eigenvalue weighted by molar-refractivity contribution is 5.65. The molecule has 1 saturated heterocycles. The van der Waals surface area contributed by atoms with Gasteiger partial charge in [0.1, 0.15) is 11.7 Å². The summed E-state index contributed by atoms with van der Waals surface area (Å²) in [7, 11) is 5.75. The van der Waals surface area contributed by atoms with Gasteiger partial charge >= 0.3 is 0 Å². The quantitative estimate of drug-likeness (QED) is 0.795. The number of aliphatic hydroxyl groups is 1. The zero-order valence-electron chi connectivity index (χ0n) is 18.0. The molecule has 4 aliphatic carbocycles. The lowest BCUT2D eigenvalue weighted by Crippen LogP contribution is -2.80. The molecular formula is C24H31NO4. The molecular weight excluding hydrogens is 366 g/mol. The minimum absolute atomic E-state index is 0.0426. The molecule has 7 rings (SSSR count). The van der Waals surface area contributed by atoms with Crippen molar-refractivity contribution in [2.45, 2.75) is 61.9 Å². The number of methoxy groups -OCH3 is 2. The minimum Gasteiger partial charge on any atom is -0.493 e. The Kier molecular flexibility index (Phi) is 3.26. The van der Waals surface area contributed by atoms with Crippen molar-refractivity contribution in [1.82, 2.24) is 4.90 Å². The maximum Gasteiger partial charge on any atom is 0.166 e. The smallest absolute Gasteiger partial charge is 0.166 e. The molecule has 1 aromatic rings. The van der Waals surface area contributed by atoms with Crippen molar-refractivity contribution >= 4 is 0 Å². The van der Waals surface area contributed by atoms with Crippen LogP contribution in [0.5, 0.6) is 11.5 Å². The number of piperidine rings is 1. The predicted octanol–water partition coefficient (Wildman–Crippen LogP) is 2.69. The molecule has 29 heavy (non-hydrogen) atoms. The summed E-state index contributed by atoms with van der Waals surface area (Å²) in [6, 6.07) is 4.69. The van der Waals surface area contributed by atoms with Crippen molar-refractivity contribution in [2.75, 3.05) is 27.8 Å². The lowest BCUT2D eigenvalue weighted by molar-refractivity contribution is -0.243. The van der Waals surface area contributed by atoms with Crippen LogP contribution in [-0.2, 0) is 16.6 Å². The average Bonchev–Trinajstić information content (AvgIpc) is 3.06. The molecule has 4 bridgehead atoms. The van der Waals surface area contributed by atoms with Crippen LogP contribution < -0.4 is 9.47 Å². The van der Waals surface area contributed by atoms with E-state index >= 15 is 0 Å². The van der Waals surface area contributed by atoms with Gasteiger partial charge in [-0.3, -0.25) is 0 Å². The highest BCUT2D eigenvalue weighted by atomic mass is 16.6. The highest BCUT2D eigenvalue weighted by Crippen LogP contribution is 2.75. The van der Waals surface area contributed by atoms with Crippen LogP contribution in [0.3, 0.4) is 0 Å². The maximum absolute atomic E-state index is 11.2. The Hall–Kier alpha value is -1.56. The fourth-order valence-corrected chi connectivity index (χ4v) is 8.01. The van der Waals surface area contributed by atoms with E-state index in [1.807, 2.05) is 13.8 Å². The van der Waals surface area contributed by atoms with Crippen molar-refractivity contribution in [3.05, 3.63) is 35.4 Å². The number of fused-ring (bicyclic) bond motifs is 1. The fraction of sp³-hybridized carbons (Fsp3) is 0.667. The van der Waals surface area contributed by atoms with E-state index in [0.717, 1.165) is 37.3 Å². The molecule has 156 valence electrons. The van der Waals surface area contributed by atoms with E-state index in [4.69, 9.17) is 14.2 Å². The topological polar surface area (TPSA) is 51.2 Å². The number of likely N-dealkylation sites (tertiary alicyclic amines) is 1. The van der Waals surface area contributed by atoms with Gasteiger partial charge < -0.3 is 24.2 Å². The molecule has 5 heteroatoms. The van der Waals surface area contributed by atoms with Gasteiger partial charge in [-0.2, -0.15) is 0 Å². The van der Waals surface area contributed by atoms with E-state index in [9.17, 15) is 5.11 Å². The van der Waals surface area contributed by atoms with Gasteiger partial charge in [-0.05, 0) is 58.3 Å². The molecule has 2 spiro atoms. The van der Waals surface area contributed by atoms with E-state index < -0.39 is 11.2 Å². The monoisotopic (exact) mass is 397 g/mol. The number of nitrogens with zero attached hydrogens (tertiary/aromatic N) is 1. The van der Waals surface area contributed by atoms with Gasteiger partial charge in [0, 0.05) is 30.0 Å². The predicted molar refractivity (Wildman–Crippen MR) is 110 cm³/mol. The van der Waals surface area contributed by atoms with Crippen molar-refractivity contribution in [3.63, 3.8) is 0 Å². The van der Waals surface area contributed by atoms with Crippen molar-refractivity contribution in [2.24, 2.45) is 11.3 Å². The Morgan fingerprint density at radius 2 is 2.03 bits per heavy atom. The number of ether oxygens (including phenoxy) is 3. The summed E-state index contributed by atoms with van der Waals surface area (Å²) in [5.41, 5.74) is 1.02. The van der Waals surface area contributed by atoms with Crippen molar-refractivity contribution in [1.29, 1.82) is 0 Å². The molecule has 2 fully saturated rings. The SMILES string of the molecule is COc1ccc2c3c1O[C@@H]1[C@@]4(OC)C=C[C@]5(C[C@@H]4C(C)(C)O)[C@@H](C2)N(C)CC[C@]315. The van der Waals surface area contributed by atoms with Crippen molar-refractivity contribution < 1.29 is 19.3 Å². The number of likely N-dealkylation sites (N-methyl/N-ethyl adjacent to an activating group) is 1. The second kappa shape index (κ2) is 5.19. The summed E-state index contributed by atoms with van der Waals surface area (Å²) >= 11 is 0. The first-order valence-corrected chi connectivity index (χ1v) is 10.8. The Bertz CT molecular complexity index is 936. The number of rotatable bonds is 3. The molecule has 5 nitrogen and oxygen atoms in total. The lowest BCUT2D eigenvalue weighted by Gasteiger charge is -2.72. The first-order valence-electron chi connectivity index (χ1n) is 10.8. The van der Waals surface area contributed by atoms with Gasteiger partial charge in [0.2, 0.25) is 0 Å². The Morgan fingerprint density at radius 3 is 2.72 bits per heavy atom. The zero-order chi connectivity index (χ0) is 20.4. The highest BCUT2D eigenvalue weighted by Gasteiger charge is 2.80. The molecule has 0 unspecified atom stereocenters. The van der Waals surface area contributed by atoms with Crippen molar-refractivity contribution in [3.8, 4) is 11.5 Å². The first-order chi connectivity index (χ1) is 13.7. The largest absolute Gasteiger partial charge is 0.493 e. The number of benzene rings is 1. The zero-order valence-corrected chi connectivity index (χ0v) is 18.0. The van der Waals surface area contributed by atoms with E-state index in [1.54, 1.807) is 14.2 Å². The van der Waals surface area contributed by atoms with Gasteiger partial charge in [-0.1, -0.05) is 18.2 Å². The van der Waals surface area contributed by atoms with Crippen LogP contribution in [0.2, 0.25) is 0 Å².